The molecule has 5 nitrogen and oxygen atoms in total. The Morgan fingerprint density at radius 1 is 1.38 bits per heavy atom. The third-order valence-corrected chi connectivity index (χ3v) is 4.23. The average molecular weight is 314 g/mol. The summed E-state index contributed by atoms with van der Waals surface area (Å²) in [5.41, 5.74) is -0.487. The van der Waals surface area contributed by atoms with Gasteiger partial charge in [0.1, 0.15) is 5.60 Å². The molecule has 0 bridgehead atoms. The minimum absolute atomic E-state index is 0.0659. The van der Waals surface area contributed by atoms with Crippen LogP contribution in [0.15, 0.2) is 0 Å². The van der Waals surface area contributed by atoms with Crippen LogP contribution in [0.2, 0.25) is 0 Å². The molecular weight excluding hydrogens is 288 g/mol. The van der Waals surface area contributed by atoms with Crippen LogP contribution in [0.5, 0.6) is 0 Å². The molecule has 2 heterocycles. The second-order valence-electron chi connectivity index (χ2n) is 6.98. The summed E-state index contributed by atoms with van der Waals surface area (Å²) < 4.78 is 5.49. The number of likely N-dealkylation sites (tertiary alicyclic amines) is 2. The second kappa shape index (κ2) is 6.46. The van der Waals surface area contributed by atoms with Gasteiger partial charge < -0.3 is 14.5 Å². The van der Waals surface area contributed by atoms with Gasteiger partial charge in [-0.1, -0.05) is 0 Å². The molecule has 2 fully saturated rings. The molecule has 2 saturated heterocycles. The molecule has 0 aliphatic carbocycles. The summed E-state index contributed by atoms with van der Waals surface area (Å²) in [4.78, 5) is 27.9. The Bertz CT molecular complexity index is 408. The van der Waals surface area contributed by atoms with Gasteiger partial charge in [-0.05, 0) is 40.0 Å². The maximum Gasteiger partial charge on any atom is 0.410 e. The quantitative estimate of drug-likeness (QED) is 0.796. The van der Waals surface area contributed by atoms with Crippen molar-refractivity contribution in [3.8, 4) is 0 Å². The lowest BCUT2D eigenvalue weighted by molar-refractivity contribution is -0.128. The molecule has 2 unspecified atom stereocenters. The number of hydrogen-bond acceptors (Lipinski definition) is 4. The van der Waals surface area contributed by atoms with Crippen LogP contribution in [0, 0.1) is 0 Å². The first-order valence-corrected chi connectivity index (χ1v) is 8.23. The molecule has 2 atom stereocenters. The molecular formula is C15H26N2O3S. The maximum absolute atomic E-state index is 12.3. The second-order valence-corrected chi connectivity index (χ2v) is 7.71. The Hall–Kier alpha value is -0.910. The summed E-state index contributed by atoms with van der Waals surface area (Å²) in [6.45, 7) is 7.62. The number of piperidine rings is 1. The highest BCUT2D eigenvalue weighted by Crippen LogP contribution is 2.24. The van der Waals surface area contributed by atoms with Crippen molar-refractivity contribution in [1.82, 2.24) is 9.80 Å². The van der Waals surface area contributed by atoms with E-state index in [0.717, 1.165) is 19.3 Å². The fourth-order valence-electron chi connectivity index (χ4n) is 2.93. The summed E-state index contributed by atoms with van der Waals surface area (Å²) in [7, 11) is 0. The first-order valence-electron chi connectivity index (χ1n) is 7.72. The van der Waals surface area contributed by atoms with Gasteiger partial charge in [0.15, 0.2) is 0 Å². The molecule has 2 aliphatic rings. The van der Waals surface area contributed by atoms with Gasteiger partial charge in [-0.3, -0.25) is 4.79 Å². The number of nitrogens with zero attached hydrogens (tertiary/aromatic N) is 2. The number of amides is 2. The van der Waals surface area contributed by atoms with Crippen molar-refractivity contribution >= 4 is 24.6 Å². The number of hydrogen-bond donors (Lipinski definition) is 1. The van der Waals surface area contributed by atoms with E-state index in [0.29, 0.717) is 26.1 Å². The summed E-state index contributed by atoms with van der Waals surface area (Å²) in [5, 5.41) is 0.121. The van der Waals surface area contributed by atoms with Gasteiger partial charge in [0, 0.05) is 31.3 Å². The first-order chi connectivity index (χ1) is 9.76. The highest BCUT2D eigenvalue weighted by atomic mass is 32.1. The van der Waals surface area contributed by atoms with Gasteiger partial charge in [-0.15, -0.1) is 0 Å². The molecule has 6 heteroatoms. The molecule has 2 aliphatic heterocycles. The summed E-state index contributed by atoms with van der Waals surface area (Å²) in [6, 6.07) is 0.0659. The Morgan fingerprint density at radius 2 is 2.10 bits per heavy atom. The zero-order chi connectivity index (χ0) is 15.6. The smallest absolute Gasteiger partial charge is 0.410 e. The predicted molar refractivity (Wildman–Crippen MR) is 84.6 cm³/mol. The zero-order valence-electron chi connectivity index (χ0n) is 13.2. The van der Waals surface area contributed by atoms with E-state index in [1.807, 2.05) is 25.7 Å². The standard InChI is InChI=1S/C15H26N2O3S/c1-15(2,3)20-14(19)17-7-5-4-6-11(17)9-16-10-12(21)8-13(16)18/h11-12,21H,4-10H2,1-3H3. The molecule has 0 aromatic carbocycles. The predicted octanol–water partition coefficient (Wildman–Crippen LogP) is 2.31. The third-order valence-electron chi connectivity index (χ3n) is 3.88. The van der Waals surface area contributed by atoms with Crippen molar-refractivity contribution in [3.63, 3.8) is 0 Å². The largest absolute Gasteiger partial charge is 0.444 e. The normalized spacial score (nSPS) is 27.1. The van der Waals surface area contributed by atoms with Crippen molar-refractivity contribution in [2.45, 2.75) is 63.3 Å². The van der Waals surface area contributed by atoms with Crippen molar-refractivity contribution in [1.29, 1.82) is 0 Å². The van der Waals surface area contributed by atoms with Gasteiger partial charge in [-0.2, -0.15) is 12.6 Å². The average Bonchev–Trinajstić information content (AvgIpc) is 2.66. The molecule has 21 heavy (non-hydrogen) atoms. The molecule has 0 aromatic heterocycles. The van der Waals surface area contributed by atoms with Crippen molar-refractivity contribution in [2.75, 3.05) is 19.6 Å². The molecule has 0 radical (unpaired) electrons. The van der Waals surface area contributed by atoms with E-state index in [9.17, 15) is 9.59 Å². The number of thiol groups is 1. The Balaban J connectivity index is 1.98. The molecule has 0 spiro atoms. The Labute approximate surface area is 132 Å². The van der Waals surface area contributed by atoms with Gasteiger partial charge in [0.2, 0.25) is 5.91 Å². The van der Waals surface area contributed by atoms with E-state index in [1.54, 1.807) is 4.90 Å². The Kier molecular flexibility index (Phi) is 5.07. The molecule has 0 saturated carbocycles. The minimum Gasteiger partial charge on any atom is -0.444 e. The van der Waals surface area contributed by atoms with Crippen molar-refractivity contribution < 1.29 is 14.3 Å². The van der Waals surface area contributed by atoms with Crippen molar-refractivity contribution in [3.05, 3.63) is 0 Å². The van der Waals surface area contributed by atoms with Gasteiger partial charge in [-0.25, -0.2) is 4.79 Å². The van der Waals surface area contributed by atoms with Gasteiger partial charge in [0.25, 0.3) is 0 Å². The van der Waals surface area contributed by atoms with Crippen LogP contribution in [-0.4, -0.2) is 58.3 Å². The molecule has 120 valence electrons. The number of rotatable bonds is 2. The van der Waals surface area contributed by atoms with Crippen LogP contribution in [0.3, 0.4) is 0 Å². The van der Waals surface area contributed by atoms with E-state index >= 15 is 0 Å². The highest BCUT2D eigenvalue weighted by Gasteiger charge is 2.35. The molecule has 0 aromatic rings. The number of carbonyl (C=O) groups excluding carboxylic acids is 2. The van der Waals surface area contributed by atoms with Crippen LogP contribution in [0.1, 0.15) is 46.5 Å². The van der Waals surface area contributed by atoms with Crippen LogP contribution in [0.25, 0.3) is 0 Å². The van der Waals surface area contributed by atoms with E-state index < -0.39 is 5.60 Å². The van der Waals surface area contributed by atoms with Crippen LogP contribution < -0.4 is 0 Å². The topological polar surface area (TPSA) is 49.9 Å². The SMILES string of the molecule is CC(C)(C)OC(=O)N1CCCCC1CN1CC(S)CC1=O. The molecule has 2 rings (SSSR count). The monoisotopic (exact) mass is 314 g/mol. The molecule has 2 amide bonds. The van der Waals surface area contributed by atoms with E-state index in [4.69, 9.17) is 4.74 Å². The van der Waals surface area contributed by atoms with Crippen LogP contribution >= 0.6 is 12.6 Å². The fraction of sp³-hybridized carbons (Fsp3) is 0.867. The third kappa shape index (κ3) is 4.53. The summed E-state index contributed by atoms with van der Waals surface area (Å²) in [6.07, 6.45) is 3.26. The zero-order valence-corrected chi connectivity index (χ0v) is 14.1. The lowest BCUT2D eigenvalue weighted by Crippen LogP contribution is -2.51. The van der Waals surface area contributed by atoms with E-state index in [-0.39, 0.29) is 23.3 Å². The maximum atomic E-state index is 12.3. The van der Waals surface area contributed by atoms with E-state index in [1.165, 1.54) is 0 Å². The van der Waals surface area contributed by atoms with Crippen molar-refractivity contribution in [2.24, 2.45) is 0 Å². The fourth-order valence-corrected chi connectivity index (χ4v) is 3.29. The number of ether oxygens (including phenoxy) is 1. The van der Waals surface area contributed by atoms with Crippen LogP contribution in [0.4, 0.5) is 4.79 Å². The minimum atomic E-state index is -0.487. The number of carbonyl (C=O) groups is 2. The van der Waals surface area contributed by atoms with Crippen LogP contribution in [-0.2, 0) is 9.53 Å². The van der Waals surface area contributed by atoms with Gasteiger partial charge >= 0.3 is 6.09 Å². The summed E-state index contributed by atoms with van der Waals surface area (Å²) >= 11 is 4.38. The molecule has 0 N–H and O–H groups in total. The lowest BCUT2D eigenvalue weighted by Gasteiger charge is -2.38. The lowest BCUT2D eigenvalue weighted by atomic mass is 10.0. The Morgan fingerprint density at radius 3 is 2.67 bits per heavy atom. The van der Waals surface area contributed by atoms with E-state index in [2.05, 4.69) is 12.6 Å². The first kappa shape index (κ1) is 16.5. The van der Waals surface area contributed by atoms with Gasteiger partial charge in [0.05, 0.1) is 6.04 Å². The highest BCUT2D eigenvalue weighted by molar-refractivity contribution is 7.81. The summed E-state index contributed by atoms with van der Waals surface area (Å²) in [5.74, 6) is 0.143.